The first-order chi connectivity index (χ1) is 10.6. The minimum absolute atomic E-state index is 0.217. The summed E-state index contributed by atoms with van der Waals surface area (Å²) in [6.07, 6.45) is 2.35. The van der Waals surface area contributed by atoms with Gasteiger partial charge in [-0.05, 0) is 30.2 Å². The number of carbonyl (C=O) groups excluding carboxylic acids is 1. The number of hydrogen-bond acceptors (Lipinski definition) is 3. The van der Waals surface area contributed by atoms with Gasteiger partial charge in [-0.1, -0.05) is 17.7 Å². The second-order valence-electron chi connectivity index (χ2n) is 4.76. The predicted octanol–water partition coefficient (Wildman–Crippen LogP) is 2.12. The van der Waals surface area contributed by atoms with Gasteiger partial charge >= 0.3 is 6.03 Å². The number of nitrogens with one attached hydrogen (secondary N) is 2. The summed E-state index contributed by atoms with van der Waals surface area (Å²) in [6.45, 7) is 0.939. The van der Waals surface area contributed by atoms with Crippen molar-refractivity contribution in [2.75, 3.05) is 13.7 Å². The van der Waals surface area contributed by atoms with Crippen molar-refractivity contribution in [3.8, 4) is 5.75 Å². The van der Waals surface area contributed by atoms with Crippen molar-refractivity contribution in [1.29, 1.82) is 0 Å². The number of carbonyl (C=O) groups is 1. The van der Waals surface area contributed by atoms with E-state index in [-0.39, 0.29) is 6.03 Å². The smallest absolute Gasteiger partial charge is 0.315 e. The van der Waals surface area contributed by atoms with Gasteiger partial charge in [0.2, 0.25) is 0 Å². The molecule has 2 aromatic rings. The maximum Gasteiger partial charge on any atom is 0.315 e. The van der Waals surface area contributed by atoms with E-state index >= 15 is 0 Å². The van der Waals surface area contributed by atoms with Gasteiger partial charge in [0.15, 0.2) is 0 Å². The lowest BCUT2D eigenvalue weighted by Crippen LogP contribution is -2.36. The minimum Gasteiger partial charge on any atom is -0.497 e. The maximum atomic E-state index is 11.7. The van der Waals surface area contributed by atoms with Crippen molar-refractivity contribution in [2.24, 2.45) is 7.05 Å². The summed E-state index contributed by atoms with van der Waals surface area (Å²) >= 11 is 6.15. The average molecular weight is 323 g/mol. The Hall–Kier alpha value is -2.21. The van der Waals surface area contributed by atoms with Crippen molar-refractivity contribution in [1.82, 2.24) is 20.4 Å². The summed E-state index contributed by atoms with van der Waals surface area (Å²) in [5, 5.41) is 10.3. The van der Waals surface area contributed by atoms with Crippen molar-refractivity contribution in [3.63, 3.8) is 0 Å². The molecule has 0 aliphatic rings. The highest BCUT2D eigenvalue weighted by Gasteiger charge is 2.05. The molecule has 2 rings (SSSR count). The molecule has 118 valence electrons. The first-order valence-corrected chi connectivity index (χ1v) is 7.29. The van der Waals surface area contributed by atoms with E-state index in [9.17, 15) is 4.79 Å². The number of urea groups is 1. The molecular formula is C15H19ClN4O2. The highest BCUT2D eigenvalue weighted by Crippen LogP contribution is 2.22. The van der Waals surface area contributed by atoms with Gasteiger partial charge in [-0.25, -0.2) is 4.79 Å². The van der Waals surface area contributed by atoms with Gasteiger partial charge in [0.05, 0.1) is 19.3 Å². The van der Waals surface area contributed by atoms with Crippen LogP contribution in [0, 0.1) is 0 Å². The number of benzene rings is 1. The molecule has 7 heteroatoms. The molecule has 0 atom stereocenters. The second-order valence-corrected chi connectivity index (χ2v) is 5.17. The first-order valence-electron chi connectivity index (χ1n) is 6.91. The van der Waals surface area contributed by atoms with Crippen molar-refractivity contribution in [2.45, 2.75) is 13.0 Å². The molecule has 0 aliphatic heterocycles. The Bertz CT molecular complexity index is 642. The number of ether oxygens (including phenoxy) is 1. The molecule has 1 heterocycles. The fourth-order valence-electron chi connectivity index (χ4n) is 1.98. The van der Waals surface area contributed by atoms with E-state index in [0.717, 1.165) is 17.0 Å². The molecule has 2 N–H and O–H groups in total. The summed E-state index contributed by atoms with van der Waals surface area (Å²) in [7, 11) is 3.43. The summed E-state index contributed by atoms with van der Waals surface area (Å²) < 4.78 is 6.82. The molecule has 0 unspecified atom stereocenters. The van der Waals surface area contributed by atoms with Gasteiger partial charge in [-0.3, -0.25) is 4.68 Å². The first kappa shape index (κ1) is 16.2. The van der Waals surface area contributed by atoms with E-state index in [0.29, 0.717) is 24.5 Å². The Morgan fingerprint density at radius 2 is 2.18 bits per heavy atom. The lowest BCUT2D eigenvalue weighted by Gasteiger charge is -2.09. The zero-order valence-corrected chi connectivity index (χ0v) is 13.4. The summed E-state index contributed by atoms with van der Waals surface area (Å²) in [4.78, 5) is 11.7. The van der Waals surface area contributed by atoms with Crippen LogP contribution in [0.15, 0.2) is 30.5 Å². The quantitative estimate of drug-likeness (QED) is 0.856. The van der Waals surface area contributed by atoms with E-state index < -0.39 is 0 Å². The molecule has 0 aliphatic carbocycles. The lowest BCUT2D eigenvalue weighted by molar-refractivity contribution is 0.240. The topological polar surface area (TPSA) is 68.2 Å². The van der Waals surface area contributed by atoms with Gasteiger partial charge in [-0.15, -0.1) is 0 Å². The van der Waals surface area contributed by atoms with Crippen LogP contribution in [0.25, 0.3) is 0 Å². The Morgan fingerprint density at radius 1 is 1.36 bits per heavy atom. The van der Waals surface area contributed by atoms with Crippen molar-refractivity contribution >= 4 is 17.6 Å². The molecule has 6 nitrogen and oxygen atoms in total. The van der Waals surface area contributed by atoms with Crippen LogP contribution in [0.5, 0.6) is 5.75 Å². The third-order valence-electron chi connectivity index (χ3n) is 3.29. The van der Waals surface area contributed by atoms with Gasteiger partial charge in [-0.2, -0.15) is 5.10 Å². The largest absolute Gasteiger partial charge is 0.497 e. The van der Waals surface area contributed by atoms with E-state index in [1.165, 1.54) is 0 Å². The molecule has 2 amide bonds. The zero-order valence-electron chi connectivity index (χ0n) is 12.6. The third kappa shape index (κ3) is 4.39. The van der Waals surface area contributed by atoms with Crippen LogP contribution in [-0.2, 0) is 20.0 Å². The Balaban J connectivity index is 1.74. The highest BCUT2D eigenvalue weighted by atomic mass is 35.5. The van der Waals surface area contributed by atoms with Crippen molar-refractivity contribution in [3.05, 3.63) is 46.7 Å². The number of aryl methyl sites for hydroxylation is 1. The van der Waals surface area contributed by atoms with E-state index in [2.05, 4.69) is 15.7 Å². The lowest BCUT2D eigenvalue weighted by atomic mass is 10.1. The van der Waals surface area contributed by atoms with Crippen LogP contribution in [0.1, 0.15) is 11.3 Å². The molecule has 0 spiro atoms. The van der Waals surface area contributed by atoms with Gasteiger partial charge in [0.1, 0.15) is 5.75 Å². The number of methoxy groups -OCH3 is 1. The van der Waals surface area contributed by atoms with Crippen LogP contribution in [-0.4, -0.2) is 29.5 Å². The molecule has 22 heavy (non-hydrogen) atoms. The third-order valence-corrected chi connectivity index (χ3v) is 3.64. The van der Waals surface area contributed by atoms with Crippen LogP contribution < -0.4 is 15.4 Å². The molecular weight excluding hydrogens is 304 g/mol. The molecule has 1 aromatic carbocycles. The van der Waals surface area contributed by atoms with Crippen LogP contribution in [0.2, 0.25) is 5.02 Å². The molecule has 0 bridgehead atoms. The highest BCUT2D eigenvalue weighted by molar-refractivity contribution is 6.31. The normalized spacial score (nSPS) is 10.3. The number of halogens is 1. The molecule has 1 aromatic heterocycles. The fraction of sp³-hybridized carbons (Fsp3) is 0.333. The minimum atomic E-state index is -0.217. The predicted molar refractivity (Wildman–Crippen MR) is 85.2 cm³/mol. The molecule has 0 fully saturated rings. The second kappa shape index (κ2) is 7.70. The fourth-order valence-corrected chi connectivity index (χ4v) is 2.24. The Kier molecular flexibility index (Phi) is 5.66. The van der Waals surface area contributed by atoms with E-state index in [1.807, 2.05) is 25.2 Å². The SMILES string of the molecule is COc1ccc(CCNC(=O)NCc2ccnn2C)c(Cl)c1. The monoisotopic (exact) mass is 322 g/mol. The standard InChI is InChI=1S/C15H19ClN4O2/c1-20-12(6-8-19-20)10-18-15(21)17-7-5-11-3-4-13(22-2)9-14(11)16/h3-4,6,8-9H,5,7,10H2,1-2H3,(H2,17,18,21). The Morgan fingerprint density at radius 3 is 2.82 bits per heavy atom. The van der Waals surface area contributed by atoms with Gasteiger partial charge in [0.25, 0.3) is 0 Å². The number of aromatic nitrogens is 2. The number of rotatable bonds is 6. The summed E-state index contributed by atoms with van der Waals surface area (Å²) in [5.74, 6) is 0.718. The van der Waals surface area contributed by atoms with Crippen LogP contribution in [0.4, 0.5) is 4.79 Å². The van der Waals surface area contributed by atoms with E-state index in [4.69, 9.17) is 16.3 Å². The van der Waals surface area contributed by atoms with Crippen LogP contribution >= 0.6 is 11.6 Å². The summed E-state index contributed by atoms with van der Waals surface area (Å²) in [6, 6.07) is 7.16. The van der Waals surface area contributed by atoms with Gasteiger partial charge in [0, 0.05) is 24.8 Å². The zero-order chi connectivity index (χ0) is 15.9. The van der Waals surface area contributed by atoms with Crippen molar-refractivity contribution < 1.29 is 9.53 Å². The number of amides is 2. The van der Waals surface area contributed by atoms with Gasteiger partial charge < -0.3 is 15.4 Å². The van der Waals surface area contributed by atoms with Crippen LogP contribution in [0.3, 0.4) is 0 Å². The maximum absolute atomic E-state index is 11.7. The van der Waals surface area contributed by atoms with E-state index in [1.54, 1.807) is 24.1 Å². The molecule has 0 saturated carbocycles. The Labute approximate surface area is 134 Å². The molecule has 0 saturated heterocycles. The average Bonchev–Trinajstić information content (AvgIpc) is 2.92. The number of nitrogens with zero attached hydrogens (tertiary/aromatic N) is 2. The molecule has 0 radical (unpaired) electrons. The summed E-state index contributed by atoms with van der Waals surface area (Å²) in [5.41, 5.74) is 1.91. The number of hydrogen-bond donors (Lipinski definition) is 2.